The van der Waals surface area contributed by atoms with Crippen LogP contribution >= 0.6 is 23.1 Å². The van der Waals surface area contributed by atoms with Gasteiger partial charge in [-0.2, -0.15) is 0 Å². The number of nitrogens with zero attached hydrogens (tertiary/aromatic N) is 1. The number of hydrogen-bond donors (Lipinski definition) is 0. The van der Waals surface area contributed by atoms with Gasteiger partial charge in [0, 0.05) is 41.6 Å². The number of halogens is 1. The van der Waals surface area contributed by atoms with Crippen LogP contribution in [0.5, 0.6) is 0 Å². The number of rotatable bonds is 10. The van der Waals surface area contributed by atoms with Crippen molar-refractivity contribution in [2.45, 2.75) is 49.5 Å². The summed E-state index contributed by atoms with van der Waals surface area (Å²) < 4.78 is 21.1. The number of unbranched alkanes of at least 4 members (excludes halogenated alkanes) is 1. The van der Waals surface area contributed by atoms with Gasteiger partial charge in [-0.25, -0.2) is 4.39 Å². The Kier molecular flexibility index (Phi) is 8.05. The molecule has 1 aliphatic heterocycles. The number of hydrogen-bond acceptors (Lipinski definition) is 4. The summed E-state index contributed by atoms with van der Waals surface area (Å²) in [5.74, 6) is 0.760. The molecule has 2 aromatic carbocycles. The van der Waals surface area contributed by atoms with Crippen LogP contribution in [-0.2, 0) is 11.2 Å². The van der Waals surface area contributed by atoms with Gasteiger partial charge in [0.2, 0.25) is 0 Å². The number of likely N-dealkylation sites (tertiary alicyclic amines) is 1. The van der Waals surface area contributed by atoms with E-state index in [0.717, 1.165) is 69.0 Å². The van der Waals surface area contributed by atoms with Gasteiger partial charge in [0.1, 0.15) is 5.82 Å². The summed E-state index contributed by atoms with van der Waals surface area (Å²) >= 11 is 3.65. The molecule has 0 radical (unpaired) electrons. The summed E-state index contributed by atoms with van der Waals surface area (Å²) in [5.41, 5.74) is 1.41. The Labute approximate surface area is 193 Å². The molecular formula is C26H32FNOS2. The highest BCUT2D eigenvalue weighted by atomic mass is 32.2. The summed E-state index contributed by atoms with van der Waals surface area (Å²) in [6.07, 6.45) is 5.50. The molecule has 0 aliphatic carbocycles. The number of fused-ring (bicyclic) bond motifs is 1. The minimum Gasteiger partial charge on any atom is -0.374 e. The van der Waals surface area contributed by atoms with E-state index >= 15 is 0 Å². The number of piperidine rings is 1. The lowest BCUT2D eigenvalue weighted by Gasteiger charge is -2.41. The van der Waals surface area contributed by atoms with Gasteiger partial charge >= 0.3 is 0 Å². The van der Waals surface area contributed by atoms with Crippen molar-refractivity contribution in [1.29, 1.82) is 0 Å². The third-order valence-corrected chi connectivity index (χ3v) is 8.54. The quantitative estimate of drug-likeness (QED) is 0.240. The van der Waals surface area contributed by atoms with Gasteiger partial charge in [-0.05, 0) is 72.3 Å². The zero-order valence-corrected chi connectivity index (χ0v) is 20.0. The molecule has 1 fully saturated rings. The Morgan fingerprint density at radius 3 is 2.65 bits per heavy atom. The summed E-state index contributed by atoms with van der Waals surface area (Å²) in [5, 5.41) is 3.74. The van der Waals surface area contributed by atoms with Gasteiger partial charge in [0.05, 0.1) is 5.60 Å². The standard InChI is InChI=1S/C26H32FNOS2/c1-2-3-18-29-26(20-31-23-10-8-22(27)9-11-23)13-16-28(17-14-26)15-12-21-19-30-25-7-5-4-6-24(21)25/h4-11,19H,2-3,12-18,20H2,1H3. The van der Waals surface area contributed by atoms with Crippen molar-refractivity contribution in [3.05, 3.63) is 65.3 Å². The summed E-state index contributed by atoms with van der Waals surface area (Å²) in [6, 6.07) is 15.6. The lowest BCUT2D eigenvalue weighted by Crippen LogP contribution is -2.48. The molecule has 2 heterocycles. The van der Waals surface area contributed by atoms with Gasteiger partial charge in [-0.1, -0.05) is 31.5 Å². The lowest BCUT2D eigenvalue weighted by molar-refractivity contribution is -0.0680. The maximum absolute atomic E-state index is 13.2. The molecule has 166 valence electrons. The second-order valence-electron chi connectivity index (χ2n) is 8.48. The second kappa shape index (κ2) is 11.0. The topological polar surface area (TPSA) is 12.5 Å². The molecule has 5 heteroatoms. The Morgan fingerprint density at radius 1 is 1.10 bits per heavy atom. The minimum atomic E-state index is -0.176. The number of thioether (sulfide) groups is 1. The Bertz CT molecular complexity index is 947. The molecule has 0 atom stereocenters. The molecule has 0 unspecified atom stereocenters. The molecule has 0 bridgehead atoms. The predicted octanol–water partition coefficient (Wildman–Crippen LogP) is 7.03. The van der Waals surface area contributed by atoms with Crippen LogP contribution in [0.4, 0.5) is 4.39 Å². The van der Waals surface area contributed by atoms with Crippen LogP contribution in [0.15, 0.2) is 58.8 Å². The van der Waals surface area contributed by atoms with Gasteiger partial charge < -0.3 is 9.64 Å². The van der Waals surface area contributed by atoms with Crippen molar-refractivity contribution < 1.29 is 9.13 Å². The van der Waals surface area contributed by atoms with E-state index in [1.54, 1.807) is 23.9 Å². The highest BCUT2D eigenvalue weighted by molar-refractivity contribution is 7.99. The number of benzene rings is 2. The van der Waals surface area contributed by atoms with Crippen LogP contribution in [0.3, 0.4) is 0 Å². The number of thiophene rings is 1. The molecule has 0 saturated carbocycles. The van der Waals surface area contributed by atoms with Crippen LogP contribution in [0.1, 0.15) is 38.2 Å². The van der Waals surface area contributed by atoms with E-state index in [-0.39, 0.29) is 11.4 Å². The Hall–Kier alpha value is -1.40. The minimum absolute atomic E-state index is 0.0696. The molecule has 1 aliphatic rings. The van der Waals surface area contributed by atoms with Crippen LogP contribution < -0.4 is 0 Å². The largest absolute Gasteiger partial charge is 0.374 e. The average Bonchev–Trinajstić information content (AvgIpc) is 3.22. The SMILES string of the molecule is CCCCOC1(CSc2ccc(F)cc2)CCN(CCc2csc3ccccc23)CC1. The molecule has 0 N–H and O–H groups in total. The monoisotopic (exact) mass is 457 g/mol. The van der Waals surface area contributed by atoms with E-state index < -0.39 is 0 Å². The van der Waals surface area contributed by atoms with Gasteiger partial charge in [0.15, 0.2) is 0 Å². The van der Waals surface area contributed by atoms with E-state index in [0.29, 0.717) is 0 Å². The normalized spacial score (nSPS) is 16.7. The predicted molar refractivity (Wildman–Crippen MR) is 132 cm³/mol. The Morgan fingerprint density at radius 2 is 1.87 bits per heavy atom. The maximum atomic E-state index is 13.2. The molecule has 0 spiro atoms. The van der Waals surface area contributed by atoms with Crippen molar-refractivity contribution in [1.82, 2.24) is 4.90 Å². The first-order chi connectivity index (χ1) is 15.2. The van der Waals surface area contributed by atoms with Crippen LogP contribution in [0.25, 0.3) is 10.1 Å². The molecule has 4 rings (SSSR count). The zero-order chi connectivity index (χ0) is 21.5. The first-order valence-electron chi connectivity index (χ1n) is 11.4. The van der Waals surface area contributed by atoms with Gasteiger partial charge in [-0.15, -0.1) is 23.1 Å². The summed E-state index contributed by atoms with van der Waals surface area (Å²) in [4.78, 5) is 3.71. The van der Waals surface area contributed by atoms with Crippen LogP contribution in [-0.4, -0.2) is 42.5 Å². The smallest absolute Gasteiger partial charge is 0.123 e. The average molecular weight is 458 g/mol. The Balaban J connectivity index is 1.32. The molecule has 1 saturated heterocycles. The summed E-state index contributed by atoms with van der Waals surface area (Å²) in [7, 11) is 0. The van der Waals surface area contributed by atoms with Crippen molar-refractivity contribution in [2.75, 3.05) is 32.0 Å². The molecule has 31 heavy (non-hydrogen) atoms. The highest BCUT2D eigenvalue weighted by Crippen LogP contribution is 2.34. The lowest BCUT2D eigenvalue weighted by atomic mass is 9.92. The van der Waals surface area contributed by atoms with E-state index in [2.05, 4.69) is 41.5 Å². The molecule has 3 aromatic rings. The van der Waals surface area contributed by atoms with Crippen LogP contribution in [0.2, 0.25) is 0 Å². The van der Waals surface area contributed by atoms with Gasteiger partial charge in [-0.3, -0.25) is 0 Å². The van der Waals surface area contributed by atoms with Gasteiger partial charge in [0.25, 0.3) is 0 Å². The van der Waals surface area contributed by atoms with Crippen molar-refractivity contribution in [2.24, 2.45) is 0 Å². The second-order valence-corrected chi connectivity index (χ2v) is 10.4. The van der Waals surface area contributed by atoms with Crippen molar-refractivity contribution in [3.63, 3.8) is 0 Å². The maximum Gasteiger partial charge on any atom is 0.123 e. The van der Waals surface area contributed by atoms with E-state index in [9.17, 15) is 4.39 Å². The van der Waals surface area contributed by atoms with E-state index in [1.807, 2.05) is 23.5 Å². The summed E-state index contributed by atoms with van der Waals surface area (Å²) in [6.45, 7) is 6.31. The molecule has 2 nitrogen and oxygen atoms in total. The zero-order valence-electron chi connectivity index (χ0n) is 18.3. The first kappa shape index (κ1) is 22.8. The highest BCUT2D eigenvalue weighted by Gasteiger charge is 2.35. The van der Waals surface area contributed by atoms with E-state index in [4.69, 9.17) is 4.74 Å². The molecule has 1 aromatic heterocycles. The number of ether oxygens (including phenoxy) is 1. The third-order valence-electron chi connectivity index (χ3n) is 6.25. The fraction of sp³-hybridized carbons (Fsp3) is 0.462. The fourth-order valence-electron chi connectivity index (χ4n) is 4.20. The molecule has 0 amide bonds. The first-order valence-corrected chi connectivity index (χ1v) is 13.2. The third kappa shape index (κ3) is 6.10. The van der Waals surface area contributed by atoms with Crippen molar-refractivity contribution in [3.8, 4) is 0 Å². The van der Waals surface area contributed by atoms with E-state index in [1.165, 1.54) is 15.6 Å². The molecular weight excluding hydrogens is 425 g/mol. The fourth-order valence-corrected chi connectivity index (χ4v) is 6.33. The van der Waals surface area contributed by atoms with Crippen LogP contribution in [0, 0.1) is 5.82 Å². The van der Waals surface area contributed by atoms with Crippen molar-refractivity contribution >= 4 is 33.2 Å².